The van der Waals surface area contributed by atoms with E-state index >= 15 is 0 Å². The third kappa shape index (κ3) is 4.49. The van der Waals surface area contributed by atoms with E-state index in [2.05, 4.69) is 0 Å². The highest BCUT2D eigenvalue weighted by molar-refractivity contribution is 5.81. The summed E-state index contributed by atoms with van der Waals surface area (Å²) >= 11 is 0. The predicted molar refractivity (Wildman–Crippen MR) is 73.1 cm³/mol. The van der Waals surface area contributed by atoms with E-state index in [4.69, 9.17) is 5.11 Å². The van der Waals surface area contributed by atoms with Crippen molar-refractivity contribution in [1.82, 2.24) is 4.90 Å². The lowest BCUT2D eigenvalue weighted by Crippen LogP contribution is -2.32. The van der Waals surface area contributed by atoms with Crippen LogP contribution in [-0.2, 0) is 4.79 Å². The molecule has 1 N–H and O–H groups in total. The summed E-state index contributed by atoms with van der Waals surface area (Å²) < 4.78 is 0. The topological polar surface area (TPSA) is 40.5 Å². The highest BCUT2D eigenvalue weighted by Gasteiger charge is 2.43. The Hall–Kier alpha value is -1.35. The Balaban J connectivity index is 0.000000225. The van der Waals surface area contributed by atoms with Gasteiger partial charge in [0, 0.05) is 25.6 Å². The molecule has 2 unspecified atom stereocenters. The Kier molecular flexibility index (Phi) is 6.44. The molecule has 0 aromatic heterocycles. The number of carbonyl (C=O) groups is 1. The molecule has 1 aliphatic rings. The molecule has 100 valence electrons. The highest BCUT2D eigenvalue weighted by Crippen LogP contribution is 2.39. The summed E-state index contributed by atoms with van der Waals surface area (Å²) in [7, 11) is 0. The first-order chi connectivity index (χ1) is 8.74. The fourth-order valence-electron chi connectivity index (χ4n) is 1.91. The minimum atomic E-state index is 0.120. The lowest BCUT2D eigenvalue weighted by Gasteiger charge is -2.18. The monoisotopic (exact) mass is 249 g/mol. The van der Waals surface area contributed by atoms with E-state index in [-0.39, 0.29) is 24.3 Å². The third-order valence-corrected chi connectivity index (χ3v) is 3.22. The van der Waals surface area contributed by atoms with E-state index < -0.39 is 0 Å². The van der Waals surface area contributed by atoms with Gasteiger partial charge in [-0.25, -0.2) is 0 Å². The van der Waals surface area contributed by atoms with Crippen LogP contribution in [0.25, 0.3) is 0 Å². The summed E-state index contributed by atoms with van der Waals surface area (Å²) in [6.07, 6.45) is 0.881. The molecule has 1 aromatic carbocycles. The maximum atomic E-state index is 11.6. The van der Waals surface area contributed by atoms with E-state index in [9.17, 15) is 4.79 Å². The lowest BCUT2D eigenvalue weighted by molar-refractivity contribution is -0.132. The van der Waals surface area contributed by atoms with Crippen molar-refractivity contribution >= 4 is 5.91 Å². The Bertz CT molecular complexity index is 309. The van der Waals surface area contributed by atoms with Gasteiger partial charge >= 0.3 is 0 Å². The fourth-order valence-corrected chi connectivity index (χ4v) is 1.91. The largest absolute Gasteiger partial charge is 0.396 e. The number of carbonyl (C=O) groups excluding carboxylic acids is 1. The minimum Gasteiger partial charge on any atom is -0.396 e. The number of nitrogens with zero attached hydrogens (tertiary/aromatic N) is 1. The zero-order valence-electron chi connectivity index (χ0n) is 11.2. The van der Waals surface area contributed by atoms with Crippen LogP contribution in [0.1, 0.15) is 20.3 Å². The molecule has 0 saturated heterocycles. The third-order valence-electron chi connectivity index (χ3n) is 3.22. The van der Waals surface area contributed by atoms with Crippen LogP contribution in [0.3, 0.4) is 0 Å². The second-order valence-electron chi connectivity index (χ2n) is 4.45. The summed E-state index contributed by atoms with van der Waals surface area (Å²) in [5, 5.41) is 8.78. The average molecular weight is 249 g/mol. The lowest BCUT2D eigenvalue weighted by atomic mass is 10.3. The van der Waals surface area contributed by atoms with Crippen LogP contribution in [0, 0.1) is 11.8 Å². The van der Waals surface area contributed by atoms with Crippen LogP contribution in [-0.4, -0.2) is 35.6 Å². The van der Waals surface area contributed by atoms with Gasteiger partial charge < -0.3 is 10.0 Å². The molecule has 0 aliphatic heterocycles. The maximum Gasteiger partial charge on any atom is 0.226 e. The first-order valence-corrected chi connectivity index (χ1v) is 6.64. The van der Waals surface area contributed by atoms with Crippen LogP contribution in [0.2, 0.25) is 0 Å². The van der Waals surface area contributed by atoms with Crippen LogP contribution in [0.5, 0.6) is 0 Å². The molecule has 2 rings (SSSR count). The van der Waals surface area contributed by atoms with Crippen molar-refractivity contribution < 1.29 is 9.90 Å². The molecule has 0 spiro atoms. The van der Waals surface area contributed by atoms with Gasteiger partial charge in [0.15, 0.2) is 0 Å². The van der Waals surface area contributed by atoms with Crippen molar-refractivity contribution in [2.45, 2.75) is 20.3 Å². The molecule has 1 amide bonds. The molecule has 1 fully saturated rings. The number of aliphatic hydroxyl groups is 1. The first kappa shape index (κ1) is 14.7. The zero-order valence-corrected chi connectivity index (χ0v) is 11.2. The standard InChI is InChI=1S/C9H17NO2.C6H6/c1-3-10(4-2)9(12)8-5-7(8)6-11;1-2-4-6-5-3-1/h7-8,11H,3-6H2,1-2H3;1-6H. The number of aliphatic hydroxyl groups excluding tert-OH is 1. The van der Waals surface area contributed by atoms with Gasteiger partial charge in [-0.3, -0.25) is 4.79 Å². The van der Waals surface area contributed by atoms with Crippen molar-refractivity contribution in [3.05, 3.63) is 36.4 Å². The molecule has 1 saturated carbocycles. The van der Waals surface area contributed by atoms with Gasteiger partial charge in [-0.15, -0.1) is 0 Å². The molecule has 0 bridgehead atoms. The van der Waals surface area contributed by atoms with Crippen molar-refractivity contribution in [3.8, 4) is 0 Å². The molecule has 2 atom stereocenters. The van der Waals surface area contributed by atoms with Crippen LogP contribution >= 0.6 is 0 Å². The smallest absolute Gasteiger partial charge is 0.226 e. The SMILES string of the molecule is CCN(CC)C(=O)C1CC1CO.c1ccccc1. The van der Waals surface area contributed by atoms with Crippen molar-refractivity contribution in [2.75, 3.05) is 19.7 Å². The normalized spacial score (nSPS) is 20.6. The van der Waals surface area contributed by atoms with Gasteiger partial charge in [0.2, 0.25) is 5.91 Å². The quantitative estimate of drug-likeness (QED) is 0.888. The molecule has 0 radical (unpaired) electrons. The average Bonchev–Trinajstić information content (AvgIpc) is 3.22. The molecule has 1 aromatic rings. The summed E-state index contributed by atoms with van der Waals surface area (Å²) in [5.74, 6) is 0.590. The molecule has 3 nitrogen and oxygen atoms in total. The summed E-state index contributed by atoms with van der Waals surface area (Å²) in [6.45, 7) is 5.70. The fraction of sp³-hybridized carbons (Fsp3) is 0.533. The number of amides is 1. The molecule has 1 aliphatic carbocycles. The Labute approximate surface area is 109 Å². The van der Waals surface area contributed by atoms with Crippen LogP contribution in [0.15, 0.2) is 36.4 Å². The second-order valence-corrected chi connectivity index (χ2v) is 4.45. The van der Waals surface area contributed by atoms with E-state index in [1.54, 1.807) is 0 Å². The van der Waals surface area contributed by atoms with Crippen molar-refractivity contribution in [2.24, 2.45) is 11.8 Å². The molecular weight excluding hydrogens is 226 g/mol. The van der Waals surface area contributed by atoms with Crippen LogP contribution < -0.4 is 0 Å². The second kappa shape index (κ2) is 7.88. The molecule has 3 heteroatoms. The molecule has 0 heterocycles. The summed E-state index contributed by atoms with van der Waals surface area (Å²) in [4.78, 5) is 13.4. The van der Waals surface area contributed by atoms with Crippen LogP contribution in [0.4, 0.5) is 0 Å². The predicted octanol–water partition coefficient (Wildman–Crippen LogP) is 2.17. The minimum absolute atomic E-state index is 0.120. The summed E-state index contributed by atoms with van der Waals surface area (Å²) in [6, 6.07) is 12.0. The Morgan fingerprint density at radius 3 is 1.83 bits per heavy atom. The van der Waals surface area contributed by atoms with Gasteiger partial charge in [-0.05, 0) is 26.2 Å². The van der Waals surface area contributed by atoms with E-state index in [0.29, 0.717) is 0 Å². The number of benzene rings is 1. The van der Waals surface area contributed by atoms with Gasteiger partial charge in [0.05, 0.1) is 0 Å². The van der Waals surface area contributed by atoms with E-state index in [1.807, 2.05) is 55.1 Å². The molecular formula is C15H23NO2. The van der Waals surface area contributed by atoms with Crippen molar-refractivity contribution in [3.63, 3.8) is 0 Å². The number of rotatable bonds is 4. The Morgan fingerprint density at radius 1 is 1.11 bits per heavy atom. The van der Waals surface area contributed by atoms with E-state index in [0.717, 1.165) is 19.5 Å². The molecule has 18 heavy (non-hydrogen) atoms. The van der Waals surface area contributed by atoms with E-state index in [1.165, 1.54) is 0 Å². The van der Waals surface area contributed by atoms with Gasteiger partial charge in [0.25, 0.3) is 0 Å². The highest BCUT2D eigenvalue weighted by atomic mass is 16.3. The number of hydrogen-bond donors (Lipinski definition) is 1. The maximum absolute atomic E-state index is 11.6. The van der Waals surface area contributed by atoms with Gasteiger partial charge in [-0.1, -0.05) is 36.4 Å². The summed E-state index contributed by atoms with van der Waals surface area (Å²) in [5.41, 5.74) is 0. The number of hydrogen-bond acceptors (Lipinski definition) is 2. The Morgan fingerprint density at radius 2 is 1.56 bits per heavy atom. The van der Waals surface area contributed by atoms with Gasteiger partial charge in [0.1, 0.15) is 0 Å². The zero-order chi connectivity index (χ0) is 13.4. The van der Waals surface area contributed by atoms with Gasteiger partial charge in [-0.2, -0.15) is 0 Å². The van der Waals surface area contributed by atoms with Crippen molar-refractivity contribution in [1.29, 1.82) is 0 Å². The first-order valence-electron chi connectivity index (χ1n) is 6.64.